The summed E-state index contributed by atoms with van der Waals surface area (Å²) < 4.78 is 0. The van der Waals surface area contributed by atoms with Gasteiger partial charge in [-0.15, -0.1) is 0 Å². The van der Waals surface area contributed by atoms with Crippen LogP contribution in [0.15, 0.2) is 72.8 Å². The lowest BCUT2D eigenvalue weighted by Crippen LogP contribution is -2.00. The first-order chi connectivity index (χ1) is 26.9. The van der Waals surface area contributed by atoms with Crippen molar-refractivity contribution >= 4 is 68.0 Å². The second kappa shape index (κ2) is 12.9. The van der Waals surface area contributed by atoms with Gasteiger partial charge in [0.15, 0.2) is 23.3 Å². The molecule has 56 heavy (non-hydrogen) atoms. The van der Waals surface area contributed by atoms with E-state index in [0.29, 0.717) is 88.6 Å². The van der Waals surface area contributed by atoms with Crippen molar-refractivity contribution in [3.8, 4) is 45.6 Å². The van der Waals surface area contributed by atoms with Crippen LogP contribution >= 0.6 is 0 Å². The maximum atomic E-state index is 11.7. The van der Waals surface area contributed by atoms with Crippen molar-refractivity contribution in [2.75, 3.05) is 0 Å². The largest absolute Gasteiger partial charge is 0.481 e. The zero-order valence-corrected chi connectivity index (χ0v) is 28.9. The quantitative estimate of drug-likeness (QED) is 0.114. The van der Waals surface area contributed by atoms with Gasteiger partial charge >= 0.3 is 23.9 Å². The number of aliphatic carboxylic acids is 4. The van der Waals surface area contributed by atoms with E-state index in [1.165, 1.54) is 0 Å². The molecule has 0 aliphatic carbocycles. The van der Waals surface area contributed by atoms with Crippen LogP contribution in [0.4, 0.5) is 0 Å². The molecule has 8 bridgehead atoms. The molecule has 2 aliphatic heterocycles. The second-order valence-electron chi connectivity index (χ2n) is 13.4. The fraction of sp³-hybridized carbons (Fsp3) is 0.100. The van der Waals surface area contributed by atoms with Gasteiger partial charge in [-0.3, -0.25) is 19.2 Å². The van der Waals surface area contributed by atoms with Gasteiger partial charge in [-0.05, 0) is 46.5 Å². The maximum Gasteiger partial charge on any atom is 0.307 e. The SMILES string of the molecule is O=C(O)Cc1ccc2c(c1)-c1nc-2nc2[nH]c(nc3nc(nc4[nH]c(n1)c1ccc(CC(=O)O)cc41)-c1ccc(CC(=O)O)cc1-3)c1ccc(CC(=O)O)cc21. The molecule has 5 heterocycles. The third-order valence-corrected chi connectivity index (χ3v) is 9.51. The second-order valence-corrected chi connectivity index (χ2v) is 13.4. The van der Waals surface area contributed by atoms with E-state index >= 15 is 0 Å². The number of nitrogens with one attached hydrogen (secondary N) is 2. The van der Waals surface area contributed by atoms with Crippen LogP contribution in [0.3, 0.4) is 0 Å². The minimum absolute atomic E-state index is 0.222. The molecule has 4 aromatic carbocycles. The highest BCUT2D eigenvalue weighted by molar-refractivity contribution is 6.07. The summed E-state index contributed by atoms with van der Waals surface area (Å²) in [6.07, 6.45) is -0.967. The Morgan fingerprint density at radius 2 is 0.679 bits per heavy atom. The van der Waals surface area contributed by atoms with Gasteiger partial charge in [0.1, 0.15) is 22.6 Å². The molecule has 9 rings (SSSR count). The molecule has 16 nitrogen and oxygen atoms in total. The Hall–Kier alpha value is -7.88. The number of rotatable bonds is 8. The zero-order valence-electron chi connectivity index (χ0n) is 28.9. The monoisotopic (exact) mass is 746 g/mol. The smallest absolute Gasteiger partial charge is 0.307 e. The van der Waals surface area contributed by atoms with Crippen molar-refractivity contribution in [1.82, 2.24) is 39.9 Å². The first-order valence-corrected chi connectivity index (χ1v) is 17.2. The van der Waals surface area contributed by atoms with Crippen LogP contribution in [0.1, 0.15) is 22.3 Å². The molecule has 274 valence electrons. The van der Waals surface area contributed by atoms with E-state index in [9.17, 15) is 39.6 Å². The van der Waals surface area contributed by atoms with Crippen LogP contribution in [-0.2, 0) is 44.9 Å². The normalized spacial score (nSPS) is 11.7. The lowest BCUT2D eigenvalue weighted by molar-refractivity contribution is -0.137. The van der Waals surface area contributed by atoms with Crippen molar-refractivity contribution in [2.24, 2.45) is 0 Å². The molecule has 0 amide bonds. The Kier molecular flexibility index (Phi) is 7.82. The molecule has 0 radical (unpaired) electrons. The van der Waals surface area contributed by atoms with Gasteiger partial charge < -0.3 is 30.4 Å². The van der Waals surface area contributed by atoms with Crippen LogP contribution in [0.2, 0.25) is 0 Å². The fourth-order valence-corrected chi connectivity index (χ4v) is 7.12. The highest BCUT2D eigenvalue weighted by Gasteiger charge is 2.24. The minimum Gasteiger partial charge on any atom is -0.481 e. The lowest BCUT2D eigenvalue weighted by atomic mass is 10.0. The molecule has 2 aliphatic rings. The number of benzene rings is 4. The van der Waals surface area contributed by atoms with Gasteiger partial charge in [-0.1, -0.05) is 48.5 Å². The minimum atomic E-state index is -1.02. The predicted molar refractivity (Wildman–Crippen MR) is 201 cm³/mol. The number of carboxylic acid groups (broad SMARTS) is 4. The topological polar surface area (TPSA) is 258 Å². The number of hydrogen-bond acceptors (Lipinski definition) is 10. The molecular formula is C40H26N8O8. The predicted octanol–water partition coefficient (Wildman–Crippen LogP) is 5.38. The Morgan fingerprint density at radius 3 is 1.04 bits per heavy atom. The number of nitrogens with zero attached hydrogens (tertiary/aromatic N) is 6. The van der Waals surface area contributed by atoms with E-state index in [2.05, 4.69) is 9.97 Å². The lowest BCUT2D eigenvalue weighted by Gasteiger charge is -2.02. The molecule has 0 spiro atoms. The fourth-order valence-electron chi connectivity index (χ4n) is 7.12. The summed E-state index contributed by atoms with van der Waals surface area (Å²) in [7, 11) is 0. The Morgan fingerprint density at radius 1 is 0.375 bits per heavy atom. The van der Waals surface area contributed by atoms with Crippen molar-refractivity contribution in [2.45, 2.75) is 25.7 Å². The van der Waals surface area contributed by atoms with Crippen LogP contribution < -0.4 is 0 Å². The summed E-state index contributed by atoms with van der Waals surface area (Å²) >= 11 is 0. The summed E-state index contributed by atoms with van der Waals surface area (Å²) in [6.45, 7) is 0. The summed E-state index contributed by atoms with van der Waals surface area (Å²) in [4.78, 5) is 82.6. The van der Waals surface area contributed by atoms with Gasteiger partial charge in [0.05, 0.1) is 25.7 Å². The van der Waals surface area contributed by atoms with Gasteiger partial charge in [-0.2, -0.15) is 0 Å². The zero-order chi connectivity index (χ0) is 38.8. The summed E-state index contributed by atoms with van der Waals surface area (Å²) in [5, 5.41) is 40.5. The molecule has 7 aromatic rings. The van der Waals surface area contributed by atoms with Crippen LogP contribution in [0.25, 0.3) is 89.7 Å². The third-order valence-electron chi connectivity index (χ3n) is 9.51. The summed E-state index contributed by atoms with van der Waals surface area (Å²) in [5.41, 5.74) is 5.51. The average Bonchev–Trinajstić information content (AvgIpc) is 3.85. The number of carboxylic acids is 4. The first-order valence-electron chi connectivity index (χ1n) is 17.2. The first kappa shape index (κ1) is 33.9. The number of aromatic nitrogens is 8. The molecule has 3 aromatic heterocycles. The molecule has 0 saturated heterocycles. The highest BCUT2D eigenvalue weighted by Crippen LogP contribution is 2.38. The Bertz CT molecular complexity index is 2870. The van der Waals surface area contributed by atoms with Crippen molar-refractivity contribution < 1.29 is 39.6 Å². The average molecular weight is 747 g/mol. The molecule has 0 fully saturated rings. The van der Waals surface area contributed by atoms with Crippen molar-refractivity contribution in [3.05, 3.63) is 95.1 Å². The number of hydrogen-bond donors (Lipinski definition) is 6. The third kappa shape index (κ3) is 6.09. The number of fused-ring (bicyclic) bond motifs is 20. The van der Waals surface area contributed by atoms with Crippen LogP contribution in [-0.4, -0.2) is 84.2 Å². The Balaban J connectivity index is 1.43. The molecule has 0 saturated carbocycles. The number of aromatic amines is 2. The number of carbonyl (C=O) groups is 4. The van der Waals surface area contributed by atoms with E-state index in [0.717, 1.165) is 0 Å². The Labute approximate surface area is 313 Å². The van der Waals surface area contributed by atoms with E-state index in [1.54, 1.807) is 72.8 Å². The highest BCUT2D eigenvalue weighted by atomic mass is 16.4. The molecular weight excluding hydrogens is 720 g/mol. The van der Waals surface area contributed by atoms with E-state index in [4.69, 9.17) is 29.9 Å². The maximum absolute atomic E-state index is 11.7. The number of H-pyrrole nitrogens is 2. The van der Waals surface area contributed by atoms with E-state index in [1.807, 2.05) is 0 Å². The van der Waals surface area contributed by atoms with Crippen LogP contribution in [0, 0.1) is 0 Å². The van der Waals surface area contributed by atoms with E-state index < -0.39 is 23.9 Å². The van der Waals surface area contributed by atoms with Gasteiger partial charge in [0.25, 0.3) is 0 Å². The summed E-state index contributed by atoms with van der Waals surface area (Å²) in [6, 6.07) is 20.4. The standard InChI is InChI=1S/C40H26N8O8/c49-29(50)13-17-1-5-21-25(9-17)37-41-33(21)45-38-26-10-18(14-30(51)52)2-6-22(26)35(42-38)47-40-28-12-20(16-32(55)56)4-8-24(28)36(44-40)48-39-27-11-19(15-31(53)54)3-7-23(27)34(43-39)46-37/h1-12H,13-16H2,(H,49,50)(H,51,52)(H,53,54)(H,55,56)(H2,41,42,43,44,45,46,47,48). The molecule has 0 unspecified atom stereocenters. The van der Waals surface area contributed by atoms with Crippen molar-refractivity contribution in [1.29, 1.82) is 0 Å². The van der Waals surface area contributed by atoms with E-state index in [-0.39, 0.29) is 49.0 Å². The van der Waals surface area contributed by atoms with Gasteiger partial charge in [0, 0.05) is 43.8 Å². The molecule has 16 heteroatoms. The van der Waals surface area contributed by atoms with Gasteiger partial charge in [0.2, 0.25) is 0 Å². The van der Waals surface area contributed by atoms with Crippen molar-refractivity contribution in [3.63, 3.8) is 0 Å². The molecule has 6 N–H and O–H groups in total. The molecule has 0 atom stereocenters. The summed E-state index contributed by atoms with van der Waals surface area (Å²) in [5.74, 6) is -3.13. The van der Waals surface area contributed by atoms with Gasteiger partial charge in [-0.25, -0.2) is 29.9 Å². The van der Waals surface area contributed by atoms with Crippen LogP contribution in [0.5, 0.6) is 0 Å².